The first-order valence-corrected chi connectivity index (χ1v) is 28.2. The Hall–Kier alpha value is -6.28. The van der Waals surface area contributed by atoms with Gasteiger partial charge in [-0.2, -0.15) is 0 Å². The van der Waals surface area contributed by atoms with Crippen LogP contribution in [0.4, 0.5) is 0 Å². The van der Waals surface area contributed by atoms with E-state index in [1.54, 1.807) is 0 Å². The number of hydrogen-bond donors (Lipinski definition) is 2. The highest BCUT2D eigenvalue weighted by atomic mass is 15.1. The quantitative estimate of drug-likeness (QED) is 0.0601. The number of aromatic nitrogens is 4. The van der Waals surface area contributed by atoms with Gasteiger partial charge in [0.25, 0.3) is 0 Å². The lowest BCUT2D eigenvalue weighted by Crippen LogP contribution is -2.23. The number of nitrogens with zero attached hydrogens (tertiary/aromatic N) is 6. The Balaban J connectivity index is 1.25. The van der Waals surface area contributed by atoms with E-state index in [0.717, 1.165) is 119 Å². The number of aromatic amines is 2. The van der Waals surface area contributed by atoms with Crippen LogP contribution in [0.25, 0.3) is 68.7 Å². The van der Waals surface area contributed by atoms with E-state index in [9.17, 15) is 0 Å². The molecule has 2 N–H and O–H groups in total. The van der Waals surface area contributed by atoms with Crippen LogP contribution in [0.2, 0.25) is 0 Å². The third-order valence-electron chi connectivity index (χ3n) is 15.1. The molecule has 0 amide bonds. The van der Waals surface area contributed by atoms with Gasteiger partial charge in [0.1, 0.15) is 0 Å². The van der Waals surface area contributed by atoms with Crippen molar-refractivity contribution in [2.75, 3.05) is 52.4 Å². The maximum absolute atomic E-state index is 5.71. The molecule has 3 aromatic heterocycles. The summed E-state index contributed by atoms with van der Waals surface area (Å²) < 4.78 is 0. The van der Waals surface area contributed by atoms with Gasteiger partial charge in [0.2, 0.25) is 0 Å². The first-order valence-electron chi connectivity index (χ1n) is 28.2. The number of rotatable bonds is 24. The van der Waals surface area contributed by atoms with Gasteiger partial charge >= 0.3 is 0 Å². The molecule has 72 heavy (non-hydrogen) atoms. The van der Waals surface area contributed by atoms with Crippen LogP contribution in [0, 0.1) is 0 Å². The molecule has 3 aromatic rings. The summed E-state index contributed by atoms with van der Waals surface area (Å²) in [4.78, 5) is 29.5. The van der Waals surface area contributed by atoms with Gasteiger partial charge < -0.3 is 29.6 Å². The fourth-order valence-corrected chi connectivity index (χ4v) is 11.2. The zero-order valence-corrected chi connectivity index (χ0v) is 44.2. The number of allylic oxidation sites excluding steroid dienone is 8. The summed E-state index contributed by atoms with van der Waals surface area (Å²) in [7, 11) is 0. The van der Waals surface area contributed by atoms with Crippen LogP contribution in [-0.4, -0.2) is 91.9 Å². The molecule has 0 aliphatic carbocycles. The lowest BCUT2D eigenvalue weighted by Gasteiger charge is -2.26. The lowest BCUT2D eigenvalue weighted by atomic mass is 10.0. The van der Waals surface area contributed by atoms with Gasteiger partial charge in [-0.25, -0.2) is 9.97 Å². The SMILES string of the molecule is CCCCCCN1C=CC=C(c2c3nc(c(C4=CC=CN(CCCCCC)C4)c4ccc([nH]4)c(C4=CC=CN(CCCCCC)C4)c4nc(c(C5=CC=CN(CCCCCC)C5)c5ccc2[nH]5)C=C4)C=C3)C1. The van der Waals surface area contributed by atoms with Crippen molar-refractivity contribution in [1.29, 1.82) is 0 Å². The minimum atomic E-state index is 0.834. The van der Waals surface area contributed by atoms with Crippen LogP contribution in [0.5, 0.6) is 0 Å². The van der Waals surface area contributed by atoms with E-state index < -0.39 is 0 Å². The second-order valence-electron chi connectivity index (χ2n) is 20.8. The average molecular weight is 963 g/mol. The third-order valence-corrected chi connectivity index (χ3v) is 15.1. The summed E-state index contributed by atoms with van der Waals surface area (Å²) >= 11 is 0. The minimum Gasteiger partial charge on any atom is -0.373 e. The van der Waals surface area contributed by atoms with Crippen LogP contribution in [0.1, 0.15) is 175 Å². The van der Waals surface area contributed by atoms with Gasteiger partial charge in [-0.15, -0.1) is 0 Å². The molecule has 0 unspecified atom stereocenters. The zero-order valence-electron chi connectivity index (χ0n) is 44.2. The molecule has 6 aliphatic heterocycles. The Labute approximate surface area is 431 Å². The molecule has 0 radical (unpaired) electrons. The van der Waals surface area contributed by atoms with Crippen molar-refractivity contribution in [2.45, 2.75) is 130 Å². The smallest absolute Gasteiger partial charge is 0.0734 e. The maximum Gasteiger partial charge on any atom is 0.0734 e. The van der Waals surface area contributed by atoms with E-state index >= 15 is 0 Å². The van der Waals surface area contributed by atoms with Crippen molar-refractivity contribution in [3.8, 4) is 0 Å². The van der Waals surface area contributed by atoms with E-state index in [0.29, 0.717) is 0 Å². The summed E-state index contributed by atoms with van der Waals surface area (Å²) in [5, 5.41) is 0. The van der Waals surface area contributed by atoms with E-state index in [4.69, 9.17) is 9.97 Å². The van der Waals surface area contributed by atoms with Crippen molar-refractivity contribution in [3.05, 3.63) is 143 Å². The molecule has 8 bridgehead atoms. The Morgan fingerprint density at radius 3 is 0.833 bits per heavy atom. The molecular formula is C64H82N8. The highest BCUT2D eigenvalue weighted by Crippen LogP contribution is 2.37. The Morgan fingerprint density at radius 1 is 0.347 bits per heavy atom. The second-order valence-corrected chi connectivity index (χ2v) is 20.8. The van der Waals surface area contributed by atoms with Gasteiger partial charge in [0, 0.05) is 96.7 Å². The molecule has 0 atom stereocenters. The summed E-state index contributed by atoms with van der Waals surface area (Å²) in [6.45, 7) is 16.7. The summed E-state index contributed by atoms with van der Waals surface area (Å²) in [6, 6.07) is 9.19. The number of H-pyrrole nitrogens is 2. The van der Waals surface area contributed by atoms with Crippen molar-refractivity contribution in [2.24, 2.45) is 0 Å². The van der Waals surface area contributed by atoms with Crippen molar-refractivity contribution < 1.29 is 0 Å². The molecule has 8 nitrogen and oxygen atoms in total. The highest BCUT2D eigenvalue weighted by Gasteiger charge is 2.24. The number of unbranched alkanes of at least 4 members (excludes halogenated alkanes) is 12. The normalized spacial score (nSPS) is 16.3. The predicted octanol–water partition coefficient (Wildman–Crippen LogP) is 15.8. The lowest BCUT2D eigenvalue weighted by molar-refractivity contribution is 0.399. The van der Waals surface area contributed by atoms with Crippen molar-refractivity contribution >= 4 is 68.7 Å². The van der Waals surface area contributed by atoms with E-state index in [1.807, 2.05) is 0 Å². The molecule has 8 heteroatoms. The van der Waals surface area contributed by atoms with Crippen molar-refractivity contribution in [3.63, 3.8) is 0 Å². The molecule has 0 spiro atoms. The summed E-state index contributed by atoms with van der Waals surface area (Å²) in [5.41, 5.74) is 18.0. The highest BCUT2D eigenvalue weighted by molar-refractivity contribution is 5.97. The van der Waals surface area contributed by atoms with Crippen LogP contribution in [0.3, 0.4) is 0 Å². The molecule has 9 rings (SSSR count). The van der Waals surface area contributed by atoms with Gasteiger partial charge in [-0.3, -0.25) is 0 Å². The molecule has 378 valence electrons. The van der Waals surface area contributed by atoms with E-state index in [1.165, 1.54) is 125 Å². The van der Waals surface area contributed by atoms with Gasteiger partial charge in [0.05, 0.1) is 22.8 Å². The summed E-state index contributed by atoms with van der Waals surface area (Å²) in [6.07, 6.45) is 56.3. The summed E-state index contributed by atoms with van der Waals surface area (Å²) in [5.74, 6) is 0. The number of hydrogen-bond acceptors (Lipinski definition) is 6. The Morgan fingerprint density at radius 2 is 0.597 bits per heavy atom. The van der Waals surface area contributed by atoms with Crippen LogP contribution in [0.15, 0.2) is 97.7 Å². The van der Waals surface area contributed by atoms with Gasteiger partial charge in [-0.05, 0) is 146 Å². The minimum absolute atomic E-state index is 0.834. The van der Waals surface area contributed by atoms with Gasteiger partial charge in [-0.1, -0.05) is 129 Å². The molecule has 0 aromatic carbocycles. The molecule has 9 heterocycles. The molecule has 6 aliphatic rings. The van der Waals surface area contributed by atoms with E-state index in [-0.39, 0.29) is 0 Å². The zero-order chi connectivity index (χ0) is 49.5. The first-order chi connectivity index (χ1) is 35.5. The Kier molecular flexibility index (Phi) is 17.9. The third kappa shape index (κ3) is 12.5. The number of nitrogens with one attached hydrogen (secondary N) is 2. The molecule has 0 saturated carbocycles. The monoisotopic (exact) mass is 963 g/mol. The fourth-order valence-electron chi connectivity index (χ4n) is 11.2. The fraction of sp³-hybridized carbons (Fsp3) is 0.438. The number of fused-ring (bicyclic) bond motifs is 8. The van der Waals surface area contributed by atoms with Crippen LogP contribution in [-0.2, 0) is 0 Å². The predicted molar refractivity (Wildman–Crippen MR) is 310 cm³/mol. The largest absolute Gasteiger partial charge is 0.373 e. The molecule has 0 saturated heterocycles. The van der Waals surface area contributed by atoms with E-state index in [2.05, 4.69) is 179 Å². The molecule has 0 fully saturated rings. The first kappa shape index (κ1) is 50.7. The van der Waals surface area contributed by atoms with Crippen LogP contribution < -0.4 is 0 Å². The van der Waals surface area contributed by atoms with Gasteiger partial charge in [0.15, 0.2) is 0 Å². The van der Waals surface area contributed by atoms with Crippen molar-refractivity contribution in [1.82, 2.24) is 39.5 Å². The maximum atomic E-state index is 5.71. The standard InChI is InChI=1S/C64H82N8/c1-5-9-13-17-37-69-41-21-25-49(45-69)61-53-29-31-55(65-53)62(50-26-22-42-70(46-50)38-18-14-10-6-2)57-33-35-59(67-57)64(52-28-24-44-72(48-52)40-20-16-12-8-4)60-36-34-58(68-60)63(56-32-30-54(61)66-56)51-27-23-43-71(47-51)39-19-15-11-7-3/h21-36,41-44,65,68H,5-20,37-40,45-48H2,1-4H3. The molecular weight excluding hydrogens is 881 g/mol. The topological polar surface area (TPSA) is 70.3 Å². The second kappa shape index (κ2) is 25.4. The Bertz CT molecular complexity index is 2470. The average Bonchev–Trinajstić information content (AvgIpc) is 4.26. The van der Waals surface area contributed by atoms with Crippen LogP contribution >= 0.6 is 0 Å².